The lowest BCUT2D eigenvalue weighted by Gasteiger charge is -2.12. The summed E-state index contributed by atoms with van der Waals surface area (Å²) in [4.78, 5) is 0. The molecule has 0 amide bonds. The Bertz CT molecular complexity index is 302. The second kappa shape index (κ2) is 4.53. The maximum atomic E-state index is 13.3. The number of halogens is 1. The van der Waals surface area contributed by atoms with Gasteiger partial charge in [-0.25, -0.2) is 4.39 Å². The summed E-state index contributed by atoms with van der Waals surface area (Å²) < 4.78 is 13.3. The Hall–Kier alpha value is -0.930. The van der Waals surface area contributed by atoms with Gasteiger partial charge in [0, 0.05) is 6.54 Å². The SMILES string of the molecule is CNCC(O)c1cc(C)c(C)c(F)c1. The normalized spacial score (nSPS) is 12.9. The molecule has 0 aliphatic heterocycles. The zero-order valence-corrected chi connectivity index (χ0v) is 8.76. The fraction of sp³-hybridized carbons (Fsp3) is 0.455. The van der Waals surface area contributed by atoms with Crippen LogP contribution in [0.25, 0.3) is 0 Å². The van der Waals surface area contributed by atoms with Gasteiger partial charge in [-0.3, -0.25) is 0 Å². The number of aliphatic hydroxyl groups excluding tert-OH is 1. The first-order chi connectivity index (χ1) is 6.56. The Kier molecular flexibility index (Phi) is 3.61. The summed E-state index contributed by atoms with van der Waals surface area (Å²) >= 11 is 0. The molecule has 0 aliphatic carbocycles. The number of hydrogen-bond acceptors (Lipinski definition) is 2. The van der Waals surface area contributed by atoms with E-state index in [0.29, 0.717) is 17.7 Å². The molecule has 0 saturated heterocycles. The van der Waals surface area contributed by atoms with Gasteiger partial charge in [0.1, 0.15) is 5.82 Å². The second-order valence-corrected chi connectivity index (χ2v) is 3.52. The molecule has 0 bridgehead atoms. The van der Waals surface area contributed by atoms with Gasteiger partial charge in [0.05, 0.1) is 6.10 Å². The van der Waals surface area contributed by atoms with Crippen molar-refractivity contribution in [3.8, 4) is 0 Å². The van der Waals surface area contributed by atoms with E-state index in [2.05, 4.69) is 5.32 Å². The van der Waals surface area contributed by atoms with Crippen molar-refractivity contribution in [1.82, 2.24) is 5.32 Å². The van der Waals surface area contributed by atoms with Crippen molar-refractivity contribution < 1.29 is 9.50 Å². The molecule has 3 heteroatoms. The first-order valence-corrected chi connectivity index (χ1v) is 4.65. The minimum Gasteiger partial charge on any atom is -0.387 e. The van der Waals surface area contributed by atoms with Crippen LogP contribution in [0.2, 0.25) is 0 Å². The van der Waals surface area contributed by atoms with Crippen LogP contribution >= 0.6 is 0 Å². The molecule has 0 spiro atoms. The largest absolute Gasteiger partial charge is 0.387 e. The molecule has 1 aromatic rings. The van der Waals surface area contributed by atoms with E-state index in [1.54, 1.807) is 14.0 Å². The standard InChI is InChI=1S/C11H16FNO/c1-7-4-9(11(14)6-13-3)5-10(12)8(7)2/h4-5,11,13-14H,6H2,1-3H3. The molecule has 78 valence electrons. The molecule has 0 aliphatic rings. The fourth-order valence-electron chi connectivity index (χ4n) is 1.35. The van der Waals surface area contributed by atoms with Crippen LogP contribution in [0.1, 0.15) is 22.8 Å². The van der Waals surface area contributed by atoms with Crippen molar-refractivity contribution in [3.05, 3.63) is 34.6 Å². The van der Waals surface area contributed by atoms with Gasteiger partial charge in [0.2, 0.25) is 0 Å². The number of hydrogen-bond donors (Lipinski definition) is 2. The minimum atomic E-state index is -0.645. The number of aliphatic hydroxyl groups is 1. The lowest BCUT2D eigenvalue weighted by molar-refractivity contribution is 0.177. The highest BCUT2D eigenvalue weighted by atomic mass is 19.1. The third kappa shape index (κ3) is 2.30. The van der Waals surface area contributed by atoms with E-state index in [4.69, 9.17) is 0 Å². The van der Waals surface area contributed by atoms with Gasteiger partial charge in [-0.2, -0.15) is 0 Å². The highest BCUT2D eigenvalue weighted by Gasteiger charge is 2.10. The maximum absolute atomic E-state index is 13.3. The number of nitrogens with one attached hydrogen (secondary N) is 1. The van der Waals surface area contributed by atoms with Gasteiger partial charge in [-0.15, -0.1) is 0 Å². The Labute approximate surface area is 83.8 Å². The third-order valence-electron chi connectivity index (χ3n) is 2.41. The fourth-order valence-corrected chi connectivity index (χ4v) is 1.35. The number of likely N-dealkylation sites (N-methyl/N-ethyl adjacent to an activating group) is 1. The highest BCUT2D eigenvalue weighted by molar-refractivity contribution is 5.32. The molecular weight excluding hydrogens is 181 g/mol. The van der Waals surface area contributed by atoms with Crippen LogP contribution in [-0.2, 0) is 0 Å². The number of rotatable bonds is 3. The molecule has 0 heterocycles. The third-order valence-corrected chi connectivity index (χ3v) is 2.41. The summed E-state index contributed by atoms with van der Waals surface area (Å²) in [6.07, 6.45) is -0.645. The molecule has 0 radical (unpaired) electrons. The Morgan fingerprint density at radius 1 is 1.43 bits per heavy atom. The van der Waals surface area contributed by atoms with Crippen molar-refractivity contribution in [2.24, 2.45) is 0 Å². The smallest absolute Gasteiger partial charge is 0.126 e. The van der Waals surface area contributed by atoms with E-state index >= 15 is 0 Å². The van der Waals surface area contributed by atoms with E-state index in [1.807, 2.05) is 13.0 Å². The molecule has 14 heavy (non-hydrogen) atoms. The monoisotopic (exact) mass is 197 g/mol. The van der Waals surface area contributed by atoms with Gasteiger partial charge in [-0.1, -0.05) is 6.07 Å². The number of benzene rings is 1. The van der Waals surface area contributed by atoms with Crippen molar-refractivity contribution >= 4 is 0 Å². The average molecular weight is 197 g/mol. The van der Waals surface area contributed by atoms with Crippen LogP contribution in [0.5, 0.6) is 0 Å². The Morgan fingerprint density at radius 2 is 2.07 bits per heavy atom. The molecular formula is C11H16FNO. The Balaban J connectivity index is 3.00. The summed E-state index contributed by atoms with van der Waals surface area (Å²) in [5.41, 5.74) is 2.14. The molecule has 0 saturated carbocycles. The zero-order valence-electron chi connectivity index (χ0n) is 8.76. The summed E-state index contributed by atoms with van der Waals surface area (Å²) in [5, 5.41) is 12.5. The molecule has 1 aromatic carbocycles. The molecule has 1 atom stereocenters. The van der Waals surface area contributed by atoms with Gasteiger partial charge < -0.3 is 10.4 Å². The second-order valence-electron chi connectivity index (χ2n) is 3.52. The van der Waals surface area contributed by atoms with Crippen molar-refractivity contribution in [2.45, 2.75) is 20.0 Å². The molecule has 1 unspecified atom stereocenters. The van der Waals surface area contributed by atoms with E-state index in [1.165, 1.54) is 6.07 Å². The summed E-state index contributed by atoms with van der Waals surface area (Å²) in [6.45, 7) is 4.01. The Morgan fingerprint density at radius 3 is 2.57 bits per heavy atom. The van der Waals surface area contributed by atoms with E-state index in [-0.39, 0.29) is 5.82 Å². The quantitative estimate of drug-likeness (QED) is 0.773. The first kappa shape index (κ1) is 11.1. The van der Waals surface area contributed by atoms with Crippen LogP contribution in [-0.4, -0.2) is 18.7 Å². The van der Waals surface area contributed by atoms with Crippen molar-refractivity contribution in [2.75, 3.05) is 13.6 Å². The maximum Gasteiger partial charge on any atom is 0.126 e. The predicted molar refractivity (Wildman–Crippen MR) is 54.8 cm³/mol. The van der Waals surface area contributed by atoms with E-state index < -0.39 is 6.10 Å². The predicted octanol–water partition coefficient (Wildman–Crippen LogP) is 1.70. The molecule has 1 rings (SSSR count). The van der Waals surface area contributed by atoms with E-state index in [0.717, 1.165) is 5.56 Å². The molecule has 0 fully saturated rings. The molecule has 2 nitrogen and oxygen atoms in total. The van der Waals surface area contributed by atoms with Crippen LogP contribution in [0.3, 0.4) is 0 Å². The van der Waals surface area contributed by atoms with Gasteiger partial charge >= 0.3 is 0 Å². The lowest BCUT2D eigenvalue weighted by atomic mass is 10.0. The van der Waals surface area contributed by atoms with Crippen LogP contribution < -0.4 is 5.32 Å². The van der Waals surface area contributed by atoms with E-state index in [9.17, 15) is 9.50 Å². The van der Waals surface area contributed by atoms with Crippen LogP contribution in [0, 0.1) is 19.7 Å². The molecule has 0 aromatic heterocycles. The topological polar surface area (TPSA) is 32.3 Å². The lowest BCUT2D eigenvalue weighted by Crippen LogP contribution is -2.17. The molecule has 2 N–H and O–H groups in total. The van der Waals surface area contributed by atoms with Crippen molar-refractivity contribution in [1.29, 1.82) is 0 Å². The highest BCUT2D eigenvalue weighted by Crippen LogP contribution is 2.19. The number of aryl methyl sites for hydroxylation is 1. The van der Waals surface area contributed by atoms with Crippen molar-refractivity contribution in [3.63, 3.8) is 0 Å². The summed E-state index contributed by atoms with van der Waals surface area (Å²) in [6, 6.07) is 3.21. The first-order valence-electron chi connectivity index (χ1n) is 4.65. The minimum absolute atomic E-state index is 0.254. The average Bonchev–Trinajstić information content (AvgIpc) is 2.13. The van der Waals surface area contributed by atoms with Gasteiger partial charge in [0.15, 0.2) is 0 Å². The van der Waals surface area contributed by atoms with Gasteiger partial charge in [-0.05, 0) is 43.7 Å². The van der Waals surface area contributed by atoms with Gasteiger partial charge in [0.25, 0.3) is 0 Å². The van der Waals surface area contributed by atoms with Crippen LogP contribution in [0.4, 0.5) is 4.39 Å². The summed E-state index contributed by atoms with van der Waals surface area (Å²) in [7, 11) is 1.75. The zero-order chi connectivity index (χ0) is 10.7. The summed E-state index contributed by atoms with van der Waals surface area (Å²) in [5.74, 6) is -0.254. The van der Waals surface area contributed by atoms with Crippen LogP contribution in [0.15, 0.2) is 12.1 Å².